The highest BCUT2D eigenvalue weighted by atomic mass is 16.5. The molecule has 0 bridgehead atoms. The first-order valence-corrected chi connectivity index (χ1v) is 8.53. The summed E-state index contributed by atoms with van der Waals surface area (Å²) in [6.45, 7) is 4.01. The molecule has 0 unspecified atom stereocenters. The first kappa shape index (κ1) is 17.7. The summed E-state index contributed by atoms with van der Waals surface area (Å²) in [6.07, 6.45) is 0.616. The molecule has 0 aliphatic carbocycles. The first-order chi connectivity index (χ1) is 12.5. The van der Waals surface area contributed by atoms with Crippen LogP contribution in [0.25, 0.3) is 10.9 Å². The van der Waals surface area contributed by atoms with Crippen LogP contribution in [0, 0.1) is 13.8 Å². The largest absolute Gasteiger partial charge is 0.497 e. The van der Waals surface area contributed by atoms with Gasteiger partial charge in [0.25, 0.3) is 5.56 Å². The van der Waals surface area contributed by atoms with Gasteiger partial charge in [-0.1, -0.05) is 17.7 Å². The topological polar surface area (TPSA) is 71.2 Å². The highest BCUT2D eigenvalue weighted by Crippen LogP contribution is 2.19. The number of aromatic amines is 1. The molecule has 3 aromatic rings. The predicted molar refractivity (Wildman–Crippen MR) is 104 cm³/mol. The van der Waals surface area contributed by atoms with Crippen LogP contribution in [0.15, 0.2) is 47.3 Å². The second kappa shape index (κ2) is 7.44. The van der Waals surface area contributed by atoms with Crippen LogP contribution in [0.1, 0.15) is 23.1 Å². The van der Waals surface area contributed by atoms with Crippen LogP contribution in [0.4, 0.5) is 5.69 Å². The number of fused-ring (bicyclic) bond motifs is 1. The van der Waals surface area contributed by atoms with Crippen molar-refractivity contribution in [2.45, 2.75) is 26.7 Å². The van der Waals surface area contributed by atoms with Crippen LogP contribution in [0.5, 0.6) is 5.75 Å². The standard InChI is InChI=1S/C21H22N2O3/c1-13-9-14(2)20-16(10-13)11-15(21(25)23-20)7-8-19(24)22-17-5-4-6-18(12-17)26-3/h4-6,9-12H,7-8H2,1-3H3,(H,22,24)(H,23,25). The molecule has 0 atom stereocenters. The van der Waals surface area contributed by atoms with E-state index in [1.165, 1.54) is 0 Å². The number of pyridine rings is 1. The number of nitrogens with one attached hydrogen (secondary N) is 2. The lowest BCUT2D eigenvalue weighted by Gasteiger charge is -2.08. The summed E-state index contributed by atoms with van der Waals surface area (Å²) in [7, 11) is 1.58. The van der Waals surface area contributed by atoms with Crippen molar-refractivity contribution < 1.29 is 9.53 Å². The van der Waals surface area contributed by atoms with E-state index in [0.717, 1.165) is 22.0 Å². The summed E-state index contributed by atoms with van der Waals surface area (Å²) in [6, 6.07) is 13.1. The van der Waals surface area contributed by atoms with Crippen molar-refractivity contribution in [3.8, 4) is 5.75 Å². The van der Waals surface area contributed by atoms with E-state index in [2.05, 4.69) is 10.3 Å². The molecule has 0 saturated carbocycles. The Labute approximate surface area is 152 Å². The van der Waals surface area contributed by atoms with Gasteiger partial charge in [-0.15, -0.1) is 0 Å². The van der Waals surface area contributed by atoms with Crippen LogP contribution in [-0.4, -0.2) is 18.0 Å². The van der Waals surface area contributed by atoms with Gasteiger partial charge in [0.15, 0.2) is 0 Å². The van der Waals surface area contributed by atoms with Crippen molar-refractivity contribution in [3.63, 3.8) is 0 Å². The normalized spacial score (nSPS) is 10.7. The zero-order chi connectivity index (χ0) is 18.7. The fourth-order valence-corrected chi connectivity index (χ4v) is 3.09. The van der Waals surface area contributed by atoms with E-state index in [1.54, 1.807) is 19.2 Å². The summed E-state index contributed by atoms with van der Waals surface area (Å²) in [4.78, 5) is 27.5. The van der Waals surface area contributed by atoms with Crippen LogP contribution in [0.3, 0.4) is 0 Å². The Morgan fingerprint density at radius 1 is 1.15 bits per heavy atom. The summed E-state index contributed by atoms with van der Waals surface area (Å²) >= 11 is 0. The number of ether oxygens (including phenoxy) is 1. The van der Waals surface area contributed by atoms with E-state index in [0.29, 0.717) is 23.4 Å². The molecule has 1 heterocycles. The van der Waals surface area contributed by atoms with Crippen LogP contribution in [-0.2, 0) is 11.2 Å². The van der Waals surface area contributed by atoms with Gasteiger partial charge in [-0.2, -0.15) is 0 Å². The Morgan fingerprint density at radius 2 is 1.96 bits per heavy atom. The molecule has 0 saturated heterocycles. The van der Waals surface area contributed by atoms with Crippen molar-refractivity contribution in [3.05, 3.63) is 69.5 Å². The van der Waals surface area contributed by atoms with E-state index in [-0.39, 0.29) is 17.9 Å². The SMILES string of the molecule is COc1cccc(NC(=O)CCc2cc3cc(C)cc(C)c3[nH]c2=O)c1. The maximum absolute atomic E-state index is 12.3. The Bertz CT molecular complexity index is 1020. The lowest BCUT2D eigenvalue weighted by atomic mass is 10.0. The van der Waals surface area contributed by atoms with Gasteiger partial charge >= 0.3 is 0 Å². The van der Waals surface area contributed by atoms with Gasteiger partial charge in [0.05, 0.1) is 12.6 Å². The van der Waals surface area contributed by atoms with Gasteiger partial charge in [-0.25, -0.2) is 0 Å². The minimum Gasteiger partial charge on any atom is -0.497 e. The monoisotopic (exact) mass is 350 g/mol. The number of rotatable bonds is 5. The quantitative estimate of drug-likeness (QED) is 0.737. The van der Waals surface area contributed by atoms with Gasteiger partial charge < -0.3 is 15.0 Å². The van der Waals surface area contributed by atoms with Gasteiger partial charge in [0.1, 0.15) is 5.75 Å². The number of H-pyrrole nitrogens is 1. The van der Waals surface area contributed by atoms with E-state index in [1.807, 2.05) is 44.2 Å². The maximum atomic E-state index is 12.3. The average Bonchev–Trinajstić information content (AvgIpc) is 2.61. The molecule has 26 heavy (non-hydrogen) atoms. The molecule has 2 N–H and O–H groups in total. The molecule has 5 nitrogen and oxygen atoms in total. The van der Waals surface area contributed by atoms with E-state index in [4.69, 9.17) is 4.74 Å². The second-order valence-electron chi connectivity index (χ2n) is 6.45. The molecule has 0 spiro atoms. The lowest BCUT2D eigenvalue weighted by molar-refractivity contribution is -0.116. The molecule has 1 aromatic heterocycles. The van der Waals surface area contributed by atoms with Crippen molar-refractivity contribution in [1.82, 2.24) is 4.98 Å². The number of carbonyl (C=O) groups excluding carboxylic acids is 1. The number of methoxy groups -OCH3 is 1. The van der Waals surface area contributed by atoms with Gasteiger partial charge in [-0.3, -0.25) is 9.59 Å². The second-order valence-corrected chi connectivity index (χ2v) is 6.45. The highest BCUT2D eigenvalue weighted by molar-refractivity contribution is 5.91. The third kappa shape index (κ3) is 3.94. The van der Waals surface area contributed by atoms with Crippen LogP contribution < -0.4 is 15.6 Å². The number of carbonyl (C=O) groups is 1. The zero-order valence-electron chi connectivity index (χ0n) is 15.2. The van der Waals surface area contributed by atoms with E-state index < -0.39 is 0 Å². The minimum atomic E-state index is -0.141. The maximum Gasteiger partial charge on any atom is 0.251 e. The Hall–Kier alpha value is -3.08. The zero-order valence-corrected chi connectivity index (χ0v) is 15.2. The minimum absolute atomic E-state index is 0.140. The van der Waals surface area contributed by atoms with Crippen molar-refractivity contribution in [2.24, 2.45) is 0 Å². The number of hydrogen-bond donors (Lipinski definition) is 2. The number of benzene rings is 2. The van der Waals surface area contributed by atoms with Gasteiger partial charge in [0, 0.05) is 23.7 Å². The first-order valence-electron chi connectivity index (χ1n) is 8.53. The molecule has 0 radical (unpaired) electrons. The summed E-state index contributed by atoms with van der Waals surface area (Å²) in [5.74, 6) is 0.540. The highest BCUT2D eigenvalue weighted by Gasteiger charge is 2.09. The van der Waals surface area contributed by atoms with Crippen LogP contribution in [0.2, 0.25) is 0 Å². The Morgan fingerprint density at radius 3 is 2.73 bits per heavy atom. The van der Waals surface area contributed by atoms with Crippen molar-refractivity contribution in [2.75, 3.05) is 12.4 Å². The van der Waals surface area contributed by atoms with E-state index in [9.17, 15) is 9.59 Å². The molecule has 134 valence electrons. The Balaban J connectivity index is 1.73. The molecule has 2 aromatic carbocycles. The summed E-state index contributed by atoms with van der Waals surface area (Å²) in [5.41, 5.74) is 4.18. The summed E-state index contributed by atoms with van der Waals surface area (Å²) in [5, 5.41) is 3.82. The molecule has 3 rings (SSSR count). The van der Waals surface area contributed by atoms with E-state index >= 15 is 0 Å². The predicted octanol–water partition coefficient (Wildman–Crippen LogP) is 3.72. The third-order valence-electron chi connectivity index (χ3n) is 4.35. The number of hydrogen-bond acceptors (Lipinski definition) is 3. The third-order valence-corrected chi connectivity index (χ3v) is 4.35. The molecule has 0 fully saturated rings. The van der Waals surface area contributed by atoms with Gasteiger partial charge in [0.2, 0.25) is 5.91 Å². The van der Waals surface area contributed by atoms with Crippen molar-refractivity contribution >= 4 is 22.5 Å². The lowest BCUT2D eigenvalue weighted by Crippen LogP contribution is -2.17. The molecular weight excluding hydrogens is 328 g/mol. The number of amides is 1. The molecular formula is C21H22N2O3. The molecule has 1 amide bonds. The fourth-order valence-electron chi connectivity index (χ4n) is 3.09. The average molecular weight is 350 g/mol. The van der Waals surface area contributed by atoms with Gasteiger partial charge in [-0.05, 0) is 55.5 Å². The number of anilines is 1. The summed E-state index contributed by atoms with van der Waals surface area (Å²) < 4.78 is 5.14. The van der Waals surface area contributed by atoms with Crippen molar-refractivity contribution in [1.29, 1.82) is 0 Å². The fraction of sp³-hybridized carbons (Fsp3) is 0.238. The molecule has 0 aliphatic rings. The number of aromatic nitrogens is 1. The molecule has 5 heteroatoms. The molecule has 0 aliphatic heterocycles. The Kier molecular flexibility index (Phi) is 5.07. The smallest absolute Gasteiger partial charge is 0.251 e. The number of aryl methyl sites for hydroxylation is 3. The van der Waals surface area contributed by atoms with Crippen LogP contribution >= 0.6 is 0 Å².